The predicted molar refractivity (Wildman–Crippen MR) is 68.5 cm³/mol. The number of carboxylic acid groups (broad SMARTS) is 1. The molecular formula is C11H11N5O3. The summed E-state index contributed by atoms with van der Waals surface area (Å²) >= 11 is 0. The number of hydrogen-bond acceptors (Lipinski definition) is 6. The van der Waals surface area contributed by atoms with Crippen LogP contribution in [0, 0.1) is 16.7 Å². The van der Waals surface area contributed by atoms with E-state index in [1.54, 1.807) is 6.07 Å². The molecule has 0 amide bonds. The molecule has 98 valence electrons. The number of nitriles is 1. The summed E-state index contributed by atoms with van der Waals surface area (Å²) in [5.74, 6) is -1.26. The number of benzene rings is 1. The maximum atomic E-state index is 11.0. The van der Waals surface area contributed by atoms with Gasteiger partial charge in [-0.1, -0.05) is 0 Å². The summed E-state index contributed by atoms with van der Waals surface area (Å²) in [5.41, 5.74) is 7.23. The second-order valence-corrected chi connectivity index (χ2v) is 3.31. The molecule has 0 aliphatic heterocycles. The van der Waals surface area contributed by atoms with Crippen LogP contribution in [0.25, 0.3) is 0 Å². The quantitative estimate of drug-likeness (QED) is 0.347. The highest BCUT2D eigenvalue weighted by Crippen LogP contribution is 2.22. The molecule has 1 aromatic carbocycles. The highest BCUT2D eigenvalue weighted by molar-refractivity contribution is 6.45. The van der Waals surface area contributed by atoms with Crippen LogP contribution in [0.4, 0.5) is 5.69 Å². The molecule has 0 spiro atoms. The number of methoxy groups -OCH3 is 1. The number of amidine groups is 1. The second-order valence-electron chi connectivity index (χ2n) is 3.31. The molecule has 0 fully saturated rings. The van der Waals surface area contributed by atoms with Gasteiger partial charge in [0.2, 0.25) is 5.71 Å². The lowest BCUT2D eigenvalue weighted by atomic mass is 10.2. The van der Waals surface area contributed by atoms with E-state index in [0.29, 0.717) is 5.75 Å². The van der Waals surface area contributed by atoms with Crippen molar-refractivity contribution in [3.05, 3.63) is 23.8 Å². The molecule has 0 bridgehead atoms. The first-order valence-electron chi connectivity index (χ1n) is 4.99. The van der Waals surface area contributed by atoms with Gasteiger partial charge in [-0.3, -0.25) is 10.8 Å². The number of aromatic carboxylic acids is 1. The maximum Gasteiger partial charge on any atom is 0.337 e. The van der Waals surface area contributed by atoms with Gasteiger partial charge in [0.05, 0.1) is 18.4 Å². The Labute approximate surface area is 108 Å². The van der Waals surface area contributed by atoms with Crippen LogP contribution in [0.3, 0.4) is 0 Å². The van der Waals surface area contributed by atoms with E-state index < -0.39 is 11.8 Å². The van der Waals surface area contributed by atoms with Crippen LogP contribution in [0.2, 0.25) is 0 Å². The van der Waals surface area contributed by atoms with Gasteiger partial charge in [0.1, 0.15) is 11.8 Å². The zero-order valence-corrected chi connectivity index (χ0v) is 9.97. The first-order chi connectivity index (χ1) is 8.99. The van der Waals surface area contributed by atoms with E-state index in [2.05, 4.69) is 10.5 Å². The van der Waals surface area contributed by atoms with E-state index >= 15 is 0 Å². The molecule has 1 aromatic rings. The molecule has 19 heavy (non-hydrogen) atoms. The molecule has 0 saturated carbocycles. The highest BCUT2D eigenvalue weighted by Gasteiger charge is 2.11. The largest absolute Gasteiger partial charge is 0.497 e. The summed E-state index contributed by atoms with van der Waals surface area (Å²) in [6.07, 6.45) is 0. The first kappa shape index (κ1) is 14.0. The number of carbonyl (C=O) groups is 1. The lowest BCUT2D eigenvalue weighted by molar-refractivity contribution is 0.0698. The Bertz CT molecular complexity index is 588. The predicted octanol–water partition coefficient (Wildman–Crippen LogP) is 0.621. The number of nitrogens with one attached hydrogen (secondary N) is 2. The summed E-state index contributed by atoms with van der Waals surface area (Å²) in [6.45, 7) is 0. The fourth-order valence-electron chi connectivity index (χ4n) is 1.19. The van der Waals surface area contributed by atoms with Crippen LogP contribution in [0.1, 0.15) is 10.4 Å². The van der Waals surface area contributed by atoms with Crippen molar-refractivity contribution in [1.82, 2.24) is 0 Å². The molecule has 0 saturated heterocycles. The van der Waals surface area contributed by atoms with Crippen molar-refractivity contribution in [3.8, 4) is 11.8 Å². The van der Waals surface area contributed by atoms with Crippen molar-refractivity contribution in [2.24, 2.45) is 10.8 Å². The fourth-order valence-corrected chi connectivity index (χ4v) is 1.19. The minimum absolute atomic E-state index is 0.0506. The third-order valence-corrected chi connectivity index (χ3v) is 2.11. The summed E-state index contributed by atoms with van der Waals surface area (Å²) < 4.78 is 4.96. The van der Waals surface area contributed by atoms with Crippen molar-refractivity contribution in [2.45, 2.75) is 0 Å². The molecule has 0 unspecified atom stereocenters. The number of nitrogens with two attached hydrogens (primary N) is 1. The zero-order valence-electron chi connectivity index (χ0n) is 9.97. The third-order valence-electron chi connectivity index (χ3n) is 2.11. The average molecular weight is 261 g/mol. The minimum atomic E-state index is -1.17. The molecular weight excluding hydrogens is 250 g/mol. The van der Waals surface area contributed by atoms with E-state index in [1.807, 2.05) is 0 Å². The first-order valence-corrected chi connectivity index (χ1v) is 4.99. The Morgan fingerprint density at radius 3 is 2.79 bits per heavy atom. The molecule has 8 nitrogen and oxygen atoms in total. The Kier molecular flexibility index (Phi) is 4.43. The number of rotatable bonds is 5. The van der Waals surface area contributed by atoms with Crippen LogP contribution in [-0.4, -0.2) is 29.7 Å². The summed E-state index contributed by atoms with van der Waals surface area (Å²) in [7, 11) is 1.43. The molecule has 0 aliphatic rings. The topological polar surface area (TPSA) is 145 Å². The molecule has 8 heteroatoms. The average Bonchev–Trinajstić information content (AvgIpc) is 2.38. The lowest BCUT2D eigenvalue weighted by Crippen LogP contribution is -2.22. The molecule has 0 atom stereocenters. The normalized spacial score (nSPS) is 10.4. The molecule has 5 N–H and O–H groups in total. The van der Waals surface area contributed by atoms with Gasteiger partial charge in [-0.2, -0.15) is 10.4 Å². The van der Waals surface area contributed by atoms with E-state index in [-0.39, 0.29) is 17.0 Å². The smallest absolute Gasteiger partial charge is 0.337 e. The molecule has 0 aromatic heterocycles. The maximum absolute atomic E-state index is 11.0. The molecule has 1 rings (SSSR count). The summed E-state index contributed by atoms with van der Waals surface area (Å²) in [6, 6.07) is 5.83. The van der Waals surface area contributed by atoms with Gasteiger partial charge in [-0.05, 0) is 12.1 Å². The number of carboxylic acids is 1. The van der Waals surface area contributed by atoms with Gasteiger partial charge in [0, 0.05) is 6.07 Å². The van der Waals surface area contributed by atoms with Crippen LogP contribution in [-0.2, 0) is 0 Å². The van der Waals surface area contributed by atoms with Crippen molar-refractivity contribution in [3.63, 3.8) is 0 Å². The van der Waals surface area contributed by atoms with Gasteiger partial charge in [0.15, 0.2) is 5.84 Å². The van der Waals surface area contributed by atoms with E-state index in [1.165, 1.54) is 25.3 Å². The lowest BCUT2D eigenvalue weighted by Gasteiger charge is -2.08. The number of ether oxygens (including phenoxy) is 1. The minimum Gasteiger partial charge on any atom is -0.497 e. The van der Waals surface area contributed by atoms with Gasteiger partial charge < -0.3 is 15.6 Å². The highest BCUT2D eigenvalue weighted by atomic mass is 16.5. The third kappa shape index (κ3) is 3.44. The summed E-state index contributed by atoms with van der Waals surface area (Å²) in [5, 5.41) is 28.3. The Morgan fingerprint density at radius 2 is 2.32 bits per heavy atom. The van der Waals surface area contributed by atoms with Gasteiger partial charge >= 0.3 is 5.97 Å². The standard InChI is InChI=1S/C11H11N5O3/c1-19-6-2-3-7(11(17)18)8(4-6)15-16-9(5-12)10(13)14/h2-4,15H,1H3,(H3,13,14)(H,17,18)/b16-9+. The van der Waals surface area contributed by atoms with E-state index in [9.17, 15) is 4.79 Å². The Hall–Kier alpha value is -3.08. The fraction of sp³-hybridized carbons (Fsp3) is 0.0909. The SMILES string of the molecule is COc1ccc(C(=O)O)c(N/N=C(\C#N)C(=N)N)c1. The Balaban J connectivity index is 3.15. The second kappa shape index (κ2) is 6.02. The number of hydrazone groups is 1. The number of hydrogen-bond donors (Lipinski definition) is 4. The number of nitrogens with zero attached hydrogens (tertiary/aromatic N) is 2. The molecule has 0 radical (unpaired) electrons. The van der Waals surface area contributed by atoms with Gasteiger partial charge in [-0.25, -0.2) is 4.79 Å². The van der Waals surface area contributed by atoms with Crippen LogP contribution >= 0.6 is 0 Å². The van der Waals surface area contributed by atoms with Crippen molar-refractivity contribution in [2.75, 3.05) is 12.5 Å². The van der Waals surface area contributed by atoms with Crippen molar-refractivity contribution >= 4 is 23.2 Å². The zero-order chi connectivity index (χ0) is 14.4. The number of anilines is 1. The van der Waals surface area contributed by atoms with Crippen LogP contribution in [0.5, 0.6) is 5.75 Å². The van der Waals surface area contributed by atoms with Gasteiger partial charge in [0.25, 0.3) is 0 Å². The van der Waals surface area contributed by atoms with Crippen LogP contribution in [0.15, 0.2) is 23.3 Å². The molecule has 0 aliphatic carbocycles. The molecule has 0 heterocycles. The van der Waals surface area contributed by atoms with E-state index in [4.69, 9.17) is 26.2 Å². The Morgan fingerprint density at radius 1 is 1.63 bits per heavy atom. The van der Waals surface area contributed by atoms with Crippen molar-refractivity contribution in [1.29, 1.82) is 10.7 Å². The summed E-state index contributed by atoms with van der Waals surface area (Å²) in [4.78, 5) is 11.0. The monoisotopic (exact) mass is 261 g/mol. The van der Waals surface area contributed by atoms with Crippen molar-refractivity contribution < 1.29 is 14.6 Å². The van der Waals surface area contributed by atoms with E-state index in [0.717, 1.165) is 0 Å². The van der Waals surface area contributed by atoms with Crippen LogP contribution < -0.4 is 15.9 Å². The van der Waals surface area contributed by atoms with Gasteiger partial charge in [-0.15, -0.1) is 0 Å².